The zero-order chi connectivity index (χ0) is 48.9. The third kappa shape index (κ3) is 32.8. The zero-order valence-corrected chi connectivity index (χ0v) is 45.1. The fraction of sp³-hybridized carbons (Fsp3) is 0.789. The Labute approximate surface area is 411 Å². The van der Waals surface area contributed by atoms with E-state index in [0.717, 1.165) is 120 Å². The fourth-order valence-electron chi connectivity index (χ4n) is 8.28. The number of aldehydes is 1. The van der Waals surface area contributed by atoms with Crippen LogP contribution in [0.3, 0.4) is 0 Å². The Kier molecular flexibility index (Phi) is 44.0. The molecule has 382 valence electrons. The molecular weight excluding hydrogens is 839 g/mol. The van der Waals surface area contributed by atoms with E-state index in [1.54, 1.807) is 11.3 Å². The smallest absolute Gasteiger partial charge is 0.308 e. The molecule has 2 rings (SSSR count). The van der Waals surface area contributed by atoms with Gasteiger partial charge in [0.2, 0.25) is 5.91 Å². The number of ether oxygens (including phenoxy) is 1. The third-order valence-corrected chi connectivity index (χ3v) is 13.7. The van der Waals surface area contributed by atoms with Crippen LogP contribution >= 0.6 is 11.3 Å². The number of hydrogen-bond acceptors (Lipinski definition) is 7. The topological polar surface area (TPSA) is 96.0 Å². The van der Waals surface area contributed by atoms with E-state index in [1.165, 1.54) is 107 Å². The SMILES string of the molecule is CC.CCCCC/C=C\C/C=C\CCCCCCCC(=O)N1CCc2c(sc(CC)c2C(=O)NCCCN(C)C)C1.CCCCCCCCC(CCCCCC)C(=O)OCCCCCC=O. The van der Waals surface area contributed by atoms with Crippen LogP contribution in [-0.4, -0.2) is 74.2 Å². The maximum absolute atomic E-state index is 13.0. The Hall–Kier alpha value is -2.78. The molecule has 0 aromatic carbocycles. The maximum atomic E-state index is 13.0. The van der Waals surface area contributed by atoms with Gasteiger partial charge in [-0.2, -0.15) is 0 Å². The molecule has 0 spiro atoms. The molecule has 66 heavy (non-hydrogen) atoms. The molecule has 2 amide bonds. The van der Waals surface area contributed by atoms with Gasteiger partial charge >= 0.3 is 5.97 Å². The van der Waals surface area contributed by atoms with Gasteiger partial charge in [-0.25, -0.2) is 0 Å². The number of nitrogens with zero attached hydrogens (tertiary/aromatic N) is 2. The van der Waals surface area contributed by atoms with Crippen molar-refractivity contribution in [1.29, 1.82) is 0 Å². The van der Waals surface area contributed by atoms with E-state index < -0.39 is 0 Å². The Morgan fingerprint density at radius 2 is 1.24 bits per heavy atom. The molecule has 0 radical (unpaired) electrons. The van der Waals surface area contributed by atoms with Gasteiger partial charge in [-0.1, -0.05) is 162 Å². The van der Waals surface area contributed by atoms with Gasteiger partial charge in [-0.05, 0) is 116 Å². The van der Waals surface area contributed by atoms with Crippen LogP contribution in [0, 0.1) is 5.92 Å². The predicted molar refractivity (Wildman–Crippen MR) is 285 cm³/mol. The first kappa shape index (κ1) is 63.2. The summed E-state index contributed by atoms with van der Waals surface area (Å²) in [4.78, 5) is 55.1. The second kappa shape index (κ2) is 46.0. The van der Waals surface area contributed by atoms with E-state index in [4.69, 9.17) is 4.74 Å². The average Bonchev–Trinajstić information content (AvgIpc) is 3.71. The molecular formula is C57H103N3O5S. The van der Waals surface area contributed by atoms with E-state index in [0.29, 0.717) is 32.5 Å². The molecule has 0 saturated carbocycles. The largest absolute Gasteiger partial charge is 0.465 e. The number of amides is 2. The van der Waals surface area contributed by atoms with Crippen molar-refractivity contribution >= 4 is 35.4 Å². The minimum absolute atomic E-state index is 0.0143. The van der Waals surface area contributed by atoms with Crippen LogP contribution in [0.1, 0.15) is 253 Å². The van der Waals surface area contributed by atoms with E-state index in [-0.39, 0.29) is 23.7 Å². The van der Waals surface area contributed by atoms with E-state index >= 15 is 0 Å². The van der Waals surface area contributed by atoms with Gasteiger partial charge < -0.3 is 24.6 Å². The maximum Gasteiger partial charge on any atom is 0.308 e. The molecule has 0 bridgehead atoms. The summed E-state index contributed by atoms with van der Waals surface area (Å²) in [7, 11) is 4.10. The number of fused-ring (bicyclic) bond motifs is 1. The highest BCUT2D eigenvalue weighted by atomic mass is 32.1. The monoisotopic (exact) mass is 942 g/mol. The molecule has 0 aliphatic carbocycles. The van der Waals surface area contributed by atoms with Crippen LogP contribution in [0.5, 0.6) is 0 Å². The summed E-state index contributed by atoms with van der Waals surface area (Å²) in [6.45, 7) is 16.4. The summed E-state index contributed by atoms with van der Waals surface area (Å²) in [5, 5.41) is 3.12. The number of unbranched alkanes of at least 4 members (excludes halogenated alkanes) is 19. The number of carbonyl (C=O) groups excluding carboxylic acids is 4. The number of hydrogen-bond donors (Lipinski definition) is 1. The number of thiophene rings is 1. The lowest BCUT2D eigenvalue weighted by molar-refractivity contribution is -0.149. The summed E-state index contributed by atoms with van der Waals surface area (Å²) in [6.07, 6.45) is 44.4. The molecule has 0 fully saturated rings. The highest BCUT2D eigenvalue weighted by molar-refractivity contribution is 7.12. The van der Waals surface area contributed by atoms with Crippen LogP contribution < -0.4 is 5.32 Å². The summed E-state index contributed by atoms with van der Waals surface area (Å²) in [6, 6.07) is 0. The second-order valence-electron chi connectivity index (χ2n) is 18.4. The van der Waals surface area contributed by atoms with E-state index in [2.05, 4.69) is 76.3 Å². The van der Waals surface area contributed by atoms with Crippen LogP contribution in [0.4, 0.5) is 0 Å². The van der Waals surface area contributed by atoms with Crippen molar-refractivity contribution in [2.24, 2.45) is 5.92 Å². The molecule has 8 nitrogen and oxygen atoms in total. The quantitative estimate of drug-likeness (QED) is 0.0306. The first-order chi connectivity index (χ1) is 32.2. The minimum atomic E-state index is 0.0143. The van der Waals surface area contributed by atoms with Crippen LogP contribution in [0.25, 0.3) is 0 Å². The average molecular weight is 943 g/mol. The number of esters is 1. The normalized spacial score (nSPS) is 12.7. The van der Waals surface area contributed by atoms with Crippen molar-refractivity contribution in [3.05, 3.63) is 45.2 Å². The molecule has 1 aliphatic heterocycles. The first-order valence-electron chi connectivity index (χ1n) is 27.5. The van der Waals surface area contributed by atoms with Crippen molar-refractivity contribution in [2.45, 2.75) is 247 Å². The van der Waals surface area contributed by atoms with Gasteiger partial charge in [0.1, 0.15) is 6.29 Å². The summed E-state index contributed by atoms with van der Waals surface area (Å²) >= 11 is 1.73. The van der Waals surface area contributed by atoms with Crippen molar-refractivity contribution in [2.75, 3.05) is 40.3 Å². The third-order valence-electron chi connectivity index (χ3n) is 12.3. The first-order valence-corrected chi connectivity index (χ1v) is 28.3. The minimum Gasteiger partial charge on any atom is -0.465 e. The van der Waals surface area contributed by atoms with E-state index in [9.17, 15) is 19.2 Å². The highest BCUT2D eigenvalue weighted by Crippen LogP contribution is 2.34. The van der Waals surface area contributed by atoms with Crippen molar-refractivity contribution < 1.29 is 23.9 Å². The predicted octanol–water partition coefficient (Wildman–Crippen LogP) is 15.3. The summed E-state index contributed by atoms with van der Waals surface area (Å²) in [5.74, 6) is 0.443. The molecule has 9 heteroatoms. The lowest BCUT2D eigenvalue weighted by Crippen LogP contribution is -2.36. The van der Waals surface area contributed by atoms with Crippen molar-refractivity contribution in [3.8, 4) is 0 Å². The molecule has 1 aliphatic rings. The number of nitrogens with one attached hydrogen (secondary N) is 1. The lowest BCUT2D eigenvalue weighted by Gasteiger charge is -2.27. The molecule has 1 atom stereocenters. The van der Waals surface area contributed by atoms with Gasteiger partial charge in [0.15, 0.2) is 0 Å². The molecule has 1 aromatic rings. The summed E-state index contributed by atoms with van der Waals surface area (Å²) in [5.41, 5.74) is 2.08. The molecule has 1 N–H and O–H groups in total. The summed E-state index contributed by atoms with van der Waals surface area (Å²) < 4.78 is 5.51. The van der Waals surface area contributed by atoms with E-state index in [1.807, 2.05) is 18.7 Å². The van der Waals surface area contributed by atoms with Gasteiger partial charge in [-0.15, -0.1) is 11.3 Å². The lowest BCUT2D eigenvalue weighted by atomic mass is 9.94. The standard InChI is InChI=1S/C33H55N3O2S.C22H42O3.C2H6/c1-5-7-8-9-10-11-12-13-14-15-16-17-18-19-20-22-31(37)36-26-23-28-30(27-36)39-29(6-2)32(28)33(38)34-24-21-25-35(3)4;1-3-5-7-9-10-14-18-21(17-13-8-6-4-2)22(24)25-20-16-12-11-15-19-23;1-2/h10-11,13-14H,5-9,12,15-27H2,1-4H3,(H,34,38);19,21H,3-18,20H2,1-2H3;1-2H3/b11-10-,14-13-;;. The van der Waals surface area contributed by atoms with Crippen molar-refractivity contribution in [3.63, 3.8) is 0 Å². The zero-order valence-electron chi connectivity index (χ0n) is 44.3. The number of carbonyl (C=O) groups is 4. The highest BCUT2D eigenvalue weighted by Gasteiger charge is 2.29. The second-order valence-corrected chi connectivity index (χ2v) is 19.6. The van der Waals surface area contributed by atoms with Crippen molar-refractivity contribution in [1.82, 2.24) is 15.1 Å². The molecule has 2 heterocycles. The van der Waals surface area contributed by atoms with Gasteiger partial charge in [0, 0.05) is 35.7 Å². The Morgan fingerprint density at radius 3 is 1.86 bits per heavy atom. The fourth-order valence-corrected chi connectivity index (χ4v) is 9.59. The van der Waals surface area contributed by atoms with Gasteiger partial charge in [0.05, 0.1) is 24.6 Å². The van der Waals surface area contributed by atoms with Gasteiger partial charge in [0.25, 0.3) is 5.91 Å². The van der Waals surface area contributed by atoms with Crippen LogP contribution in [0.2, 0.25) is 0 Å². The molecule has 1 unspecified atom stereocenters. The van der Waals surface area contributed by atoms with Gasteiger partial charge in [-0.3, -0.25) is 14.4 Å². The number of aryl methyl sites for hydroxylation is 1. The Morgan fingerprint density at radius 1 is 0.697 bits per heavy atom. The molecule has 1 aromatic heterocycles. The van der Waals surface area contributed by atoms with Crippen LogP contribution in [0.15, 0.2) is 24.3 Å². The number of allylic oxidation sites excluding steroid dienone is 4. The number of rotatable bonds is 39. The molecule has 0 saturated heterocycles. The Balaban J connectivity index is 0.00000135. The Bertz CT molecular complexity index is 1390. The van der Waals surface area contributed by atoms with Crippen LogP contribution in [-0.2, 0) is 38.5 Å².